The second kappa shape index (κ2) is 3.09. The average molecular weight is 189 g/mol. The highest BCUT2D eigenvalue weighted by Crippen LogP contribution is 2.28. The lowest BCUT2D eigenvalue weighted by Gasteiger charge is -1.99. The molecule has 0 bridgehead atoms. The number of hydrogen-bond acceptors (Lipinski definition) is 2. The highest BCUT2D eigenvalue weighted by molar-refractivity contribution is 5.24. The van der Waals surface area contributed by atoms with Gasteiger partial charge in [0.25, 0.3) is 0 Å². The van der Waals surface area contributed by atoms with Crippen molar-refractivity contribution in [1.82, 2.24) is 9.78 Å². The lowest BCUT2D eigenvalue weighted by Crippen LogP contribution is -2.07. The summed E-state index contributed by atoms with van der Waals surface area (Å²) in [5.41, 5.74) is -1.10. The molecule has 6 heteroatoms. The monoisotopic (exact) mass is 189 g/mol. The topological polar surface area (TPSA) is 41.6 Å². The fourth-order valence-corrected chi connectivity index (χ4v) is 0.886. The van der Waals surface area contributed by atoms with Gasteiger partial charge >= 0.3 is 6.18 Å². The summed E-state index contributed by atoms with van der Waals surface area (Å²) in [4.78, 5) is 0. The summed E-state index contributed by atoms with van der Waals surface area (Å²) in [6.45, 7) is 1.87. The van der Waals surface area contributed by atoms with Crippen LogP contribution >= 0.6 is 0 Å². The van der Waals surface area contributed by atoms with Gasteiger partial charge in [0.2, 0.25) is 0 Å². The van der Waals surface area contributed by atoms with Crippen molar-refractivity contribution >= 4 is 0 Å². The number of nitriles is 1. The summed E-state index contributed by atoms with van der Waals surface area (Å²) in [5.74, 6) is 0. The Morgan fingerprint density at radius 3 is 2.54 bits per heavy atom. The summed E-state index contributed by atoms with van der Waals surface area (Å²) in [5, 5.41) is 11.7. The van der Waals surface area contributed by atoms with Crippen molar-refractivity contribution in [2.75, 3.05) is 0 Å². The van der Waals surface area contributed by atoms with Crippen molar-refractivity contribution < 1.29 is 13.2 Å². The Morgan fingerprint density at radius 1 is 1.62 bits per heavy atom. The van der Waals surface area contributed by atoms with Gasteiger partial charge in [-0.25, -0.2) is 0 Å². The molecule has 1 heterocycles. The first-order valence-corrected chi connectivity index (χ1v) is 3.54. The smallest absolute Gasteiger partial charge is 0.255 e. The van der Waals surface area contributed by atoms with Crippen molar-refractivity contribution in [1.29, 1.82) is 5.26 Å². The van der Waals surface area contributed by atoms with E-state index in [1.54, 1.807) is 13.0 Å². The molecule has 13 heavy (non-hydrogen) atoms. The number of alkyl halides is 3. The summed E-state index contributed by atoms with van der Waals surface area (Å²) in [6, 6.07) is 2.38. The van der Waals surface area contributed by atoms with Gasteiger partial charge in [-0.05, 0) is 6.92 Å². The molecule has 0 saturated heterocycles. The highest BCUT2D eigenvalue weighted by Gasteiger charge is 2.34. The van der Waals surface area contributed by atoms with Gasteiger partial charge in [-0.2, -0.15) is 23.5 Å². The third-order valence-corrected chi connectivity index (χ3v) is 1.48. The van der Waals surface area contributed by atoms with Crippen LogP contribution in [0.25, 0.3) is 0 Å². The quantitative estimate of drug-likeness (QED) is 0.675. The molecule has 0 spiro atoms. The van der Waals surface area contributed by atoms with E-state index in [4.69, 9.17) is 5.26 Å². The van der Waals surface area contributed by atoms with Crippen LogP contribution in [0.15, 0.2) is 6.07 Å². The first-order chi connectivity index (χ1) is 5.99. The molecular weight excluding hydrogens is 183 g/mol. The van der Waals surface area contributed by atoms with Crippen LogP contribution in [0.1, 0.15) is 18.3 Å². The summed E-state index contributed by atoms with van der Waals surface area (Å²) in [6.07, 6.45) is -4.48. The van der Waals surface area contributed by atoms with E-state index >= 15 is 0 Å². The Hall–Kier alpha value is -1.51. The largest absolute Gasteiger partial charge is 0.435 e. The van der Waals surface area contributed by atoms with Crippen LogP contribution in [0.2, 0.25) is 0 Å². The Bertz CT molecular complexity index is 345. The second-order valence-corrected chi connectivity index (χ2v) is 2.34. The van der Waals surface area contributed by atoms with Crippen molar-refractivity contribution in [2.24, 2.45) is 0 Å². The summed E-state index contributed by atoms with van der Waals surface area (Å²) < 4.78 is 37.2. The van der Waals surface area contributed by atoms with Gasteiger partial charge in [-0.15, -0.1) is 0 Å². The molecule has 0 aliphatic rings. The van der Waals surface area contributed by atoms with Crippen molar-refractivity contribution in [3.63, 3.8) is 0 Å². The third kappa shape index (κ3) is 1.80. The van der Waals surface area contributed by atoms with Crippen LogP contribution in [-0.4, -0.2) is 9.78 Å². The van der Waals surface area contributed by atoms with Gasteiger partial charge < -0.3 is 0 Å². The Balaban J connectivity index is 3.16. The number of halogens is 3. The molecule has 70 valence electrons. The zero-order valence-corrected chi connectivity index (χ0v) is 6.76. The molecule has 0 aliphatic carbocycles. The van der Waals surface area contributed by atoms with Crippen molar-refractivity contribution in [3.05, 3.63) is 17.5 Å². The zero-order valence-electron chi connectivity index (χ0n) is 6.76. The van der Waals surface area contributed by atoms with Crippen LogP contribution in [0, 0.1) is 11.3 Å². The molecule has 3 nitrogen and oxygen atoms in total. The molecule has 0 aromatic carbocycles. The van der Waals surface area contributed by atoms with Crippen molar-refractivity contribution in [2.45, 2.75) is 19.6 Å². The van der Waals surface area contributed by atoms with Crippen LogP contribution in [0.4, 0.5) is 13.2 Å². The molecule has 0 N–H and O–H groups in total. The predicted octanol–water partition coefficient (Wildman–Crippen LogP) is 1.79. The fourth-order valence-electron chi connectivity index (χ4n) is 0.886. The molecule has 1 aromatic rings. The van der Waals surface area contributed by atoms with E-state index < -0.39 is 11.9 Å². The van der Waals surface area contributed by atoms with Gasteiger partial charge in [0.15, 0.2) is 5.69 Å². The number of nitrogens with zero attached hydrogens (tertiary/aromatic N) is 3. The van der Waals surface area contributed by atoms with E-state index in [-0.39, 0.29) is 12.2 Å². The summed E-state index contributed by atoms with van der Waals surface area (Å²) >= 11 is 0. The maximum absolute atomic E-state index is 12.1. The van der Waals surface area contributed by atoms with E-state index in [2.05, 4.69) is 5.10 Å². The molecule has 0 amide bonds. The minimum absolute atomic E-state index is 0.0742. The predicted molar refractivity (Wildman–Crippen MR) is 37.6 cm³/mol. The Morgan fingerprint density at radius 2 is 2.23 bits per heavy atom. The third-order valence-electron chi connectivity index (χ3n) is 1.48. The molecule has 1 aromatic heterocycles. The van der Waals surface area contributed by atoms with Gasteiger partial charge in [-0.3, -0.25) is 4.68 Å². The number of aryl methyl sites for hydroxylation is 1. The molecule has 0 aliphatic heterocycles. The van der Waals surface area contributed by atoms with E-state index in [0.29, 0.717) is 0 Å². The van der Waals surface area contributed by atoms with Crippen LogP contribution in [0.5, 0.6) is 0 Å². The molecule has 1 rings (SSSR count). The van der Waals surface area contributed by atoms with E-state index in [1.165, 1.54) is 0 Å². The van der Waals surface area contributed by atoms with E-state index in [0.717, 1.165) is 10.7 Å². The van der Waals surface area contributed by atoms with E-state index in [1.807, 2.05) is 0 Å². The lowest BCUT2D eigenvalue weighted by atomic mass is 10.3. The van der Waals surface area contributed by atoms with Crippen LogP contribution in [-0.2, 0) is 12.7 Å². The number of rotatable bonds is 1. The van der Waals surface area contributed by atoms with Gasteiger partial charge in [-0.1, -0.05) is 0 Å². The van der Waals surface area contributed by atoms with Crippen molar-refractivity contribution in [3.8, 4) is 6.07 Å². The average Bonchev–Trinajstić information content (AvgIpc) is 2.45. The molecule has 0 radical (unpaired) electrons. The first kappa shape index (κ1) is 9.58. The van der Waals surface area contributed by atoms with Crippen LogP contribution in [0.3, 0.4) is 0 Å². The minimum atomic E-state index is -4.48. The molecule has 0 unspecified atom stereocenters. The molecule has 0 saturated carbocycles. The Kier molecular flexibility index (Phi) is 2.28. The van der Waals surface area contributed by atoms with E-state index in [9.17, 15) is 13.2 Å². The maximum Gasteiger partial charge on any atom is 0.435 e. The number of aromatic nitrogens is 2. The number of hydrogen-bond donors (Lipinski definition) is 0. The SMILES string of the molecule is CCn1nc(C(F)(F)F)cc1C#N. The molecule has 0 fully saturated rings. The fraction of sp³-hybridized carbons (Fsp3) is 0.429. The second-order valence-electron chi connectivity index (χ2n) is 2.34. The first-order valence-electron chi connectivity index (χ1n) is 3.54. The molecule has 0 atom stereocenters. The van der Waals surface area contributed by atoms with Gasteiger partial charge in [0, 0.05) is 12.6 Å². The maximum atomic E-state index is 12.1. The molecular formula is C7H6F3N3. The summed E-state index contributed by atoms with van der Waals surface area (Å²) in [7, 11) is 0. The van der Waals surface area contributed by atoms with Gasteiger partial charge in [0.1, 0.15) is 11.8 Å². The van der Waals surface area contributed by atoms with Crippen LogP contribution < -0.4 is 0 Å². The Labute approximate surface area is 72.4 Å². The standard InChI is InChI=1S/C7H6F3N3/c1-2-13-5(4-11)3-6(12-13)7(8,9)10/h3H,2H2,1H3. The highest BCUT2D eigenvalue weighted by atomic mass is 19.4. The normalized spacial score (nSPS) is 11.3. The van der Waals surface area contributed by atoms with Gasteiger partial charge in [0.05, 0.1) is 0 Å². The lowest BCUT2D eigenvalue weighted by molar-refractivity contribution is -0.141. The minimum Gasteiger partial charge on any atom is -0.255 e. The zero-order chi connectivity index (χ0) is 10.1.